The Morgan fingerprint density at radius 2 is 0.672 bits per heavy atom. The summed E-state index contributed by atoms with van der Waals surface area (Å²) in [5.41, 5.74) is 0. The van der Waals surface area contributed by atoms with E-state index in [2.05, 4.69) is 45.1 Å². The lowest BCUT2D eigenvalue weighted by molar-refractivity contribution is -0.167. The van der Waals surface area contributed by atoms with E-state index < -0.39 is 6.10 Å². The Morgan fingerprint density at radius 3 is 1.05 bits per heavy atom. The van der Waals surface area contributed by atoms with Crippen molar-refractivity contribution in [2.75, 3.05) is 13.2 Å². The molecule has 0 fully saturated rings. The van der Waals surface area contributed by atoms with Crippen LogP contribution in [0.15, 0.2) is 122 Å². The van der Waals surface area contributed by atoms with Gasteiger partial charge < -0.3 is 14.2 Å². The van der Waals surface area contributed by atoms with E-state index in [1.807, 2.05) is 97.2 Å². The number of hydrogen-bond donors (Lipinski definition) is 0. The summed E-state index contributed by atoms with van der Waals surface area (Å²) < 4.78 is 16.6. The number of hydrogen-bond acceptors (Lipinski definition) is 6. The third kappa shape index (κ3) is 42.9. The van der Waals surface area contributed by atoms with E-state index in [1.54, 1.807) is 0 Å². The van der Waals surface area contributed by atoms with Crippen molar-refractivity contribution in [2.45, 2.75) is 175 Å². The van der Waals surface area contributed by atoms with Crippen LogP contribution >= 0.6 is 0 Å². The minimum atomic E-state index is -0.816. The maximum atomic E-state index is 12.7. The van der Waals surface area contributed by atoms with Crippen LogP contribution in [0.5, 0.6) is 0 Å². The van der Waals surface area contributed by atoms with Crippen LogP contribution < -0.4 is 0 Å². The molecular weight excluding hydrogens is 721 g/mol. The summed E-state index contributed by atoms with van der Waals surface area (Å²) in [6, 6.07) is 0. The SMILES string of the molecule is CC\C=C/C=C\C=C/C=C\C=C\C=C/CCCCCC(=O)OCC(COC(=O)CCCCCCCCCCCC)OC(=O)CCCCC\C=C/C=C\C=C/C=C\CC. The van der Waals surface area contributed by atoms with Gasteiger partial charge in [-0.25, -0.2) is 0 Å². The molecule has 0 aliphatic rings. The molecule has 0 rings (SSSR count). The number of carbonyl (C=O) groups is 3. The van der Waals surface area contributed by atoms with Crippen molar-refractivity contribution in [1.82, 2.24) is 0 Å². The molecule has 0 bridgehead atoms. The van der Waals surface area contributed by atoms with Crippen molar-refractivity contribution < 1.29 is 28.6 Å². The van der Waals surface area contributed by atoms with Gasteiger partial charge in [0.15, 0.2) is 6.10 Å². The molecule has 0 N–H and O–H groups in total. The highest BCUT2D eigenvalue weighted by molar-refractivity contribution is 5.71. The third-order valence-corrected chi connectivity index (χ3v) is 8.97. The van der Waals surface area contributed by atoms with Gasteiger partial charge in [-0.05, 0) is 57.8 Å². The molecule has 0 heterocycles. The highest BCUT2D eigenvalue weighted by Gasteiger charge is 2.19. The Labute approximate surface area is 354 Å². The van der Waals surface area contributed by atoms with E-state index in [0.717, 1.165) is 77.0 Å². The van der Waals surface area contributed by atoms with Crippen molar-refractivity contribution in [3.05, 3.63) is 122 Å². The molecule has 1 unspecified atom stereocenters. The van der Waals surface area contributed by atoms with Crippen molar-refractivity contribution >= 4 is 17.9 Å². The van der Waals surface area contributed by atoms with Gasteiger partial charge in [-0.1, -0.05) is 213 Å². The van der Waals surface area contributed by atoms with Crippen LogP contribution in [0.4, 0.5) is 0 Å². The molecule has 0 aromatic heterocycles. The van der Waals surface area contributed by atoms with Crippen LogP contribution in [0.1, 0.15) is 168 Å². The molecule has 0 spiro atoms. The lowest BCUT2D eigenvalue weighted by atomic mass is 10.1. The Balaban J connectivity index is 4.56. The van der Waals surface area contributed by atoms with E-state index in [1.165, 1.54) is 44.9 Å². The summed E-state index contributed by atoms with van der Waals surface area (Å²) in [5.74, 6) is -1.01. The number of allylic oxidation sites excluding steroid dienone is 20. The van der Waals surface area contributed by atoms with Gasteiger partial charge in [0, 0.05) is 19.3 Å². The number of ether oxygens (including phenoxy) is 3. The smallest absolute Gasteiger partial charge is 0.306 e. The zero-order valence-corrected chi connectivity index (χ0v) is 36.8. The molecule has 0 amide bonds. The fourth-order valence-electron chi connectivity index (χ4n) is 5.60. The average molecular weight is 801 g/mol. The Kier molecular flexibility index (Phi) is 42.2. The molecule has 324 valence electrons. The second kappa shape index (κ2) is 45.5. The standard InChI is InChI=1S/C52H80O6/c1-4-7-10-13-16-19-22-24-25-26-27-29-30-33-36-39-42-45-51(54)57-48-49(47-56-50(53)44-41-38-35-32-21-18-15-12-9-6-3)58-52(55)46-43-40-37-34-31-28-23-20-17-14-11-8-5-2/h7-8,10-11,13-14,16-17,19-20,22-31,49H,4-6,9,12,15,18,21,32-48H2,1-3H3/b10-7-,11-8-,16-13-,17-14-,22-19-,23-20-,25-24-,27-26+,30-29-,31-28-. The molecule has 58 heavy (non-hydrogen) atoms. The van der Waals surface area contributed by atoms with Gasteiger partial charge in [0.25, 0.3) is 0 Å². The van der Waals surface area contributed by atoms with E-state index in [9.17, 15) is 14.4 Å². The molecule has 0 saturated carbocycles. The van der Waals surface area contributed by atoms with E-state index in [-0.39, 0.29) is 37.5 Å². The highest BCUT2D eigenvalue weighted by atomic mass is 16.6. The number of carbonyl (C=O) groups excluding carboxylic acids is 3. The van der Waals surface area contributed by atoms with Crippen molar-refractivity contribution in [2.24, 2.45) is 0 Å². The summed E-state index contributed by atoms with van der Waals surface area (Å²) >= 11 is 0. The van der Waals surface area contributed by atoms with E-state index in [4.69, 9.17) is 14.2 Å². The predicted molar refractivity (Wildman–Crippen MR) is 246 cm³/mol. The zero-order chi connectivity index (χ0) is 42.3. The predicted octanol–water partition coefficient (Wildman–Crippen LogP) is 14.6. The molecule has 0 saturated heterocycles. The maximum absolute atomic E-state index is 12.7. The minimum absolute atomic E-state index is 0.112. The van der Waals surface area contributed by atoms with Gasteiger partial charge in [0.1, 0.15) is 13.2 Å². The van der Waals surface area contributed by atoms with E-state index >= 15 is 0 Å². The number of unbranched alkanes of at least 4 members (excludes halogenated alkanes) is 15. The normalized spacial score (nSPS) is 13.2. The van der Waals surface area contributed by atoms with Crippen LogP contribution in [0, 0.1) is 0 Å². The summed E-state index contributed by atoms with van der Waals surface area (Å²) in [7, 11) is 0. The first kappa shape index (κ1) is 53.8. The van der Waals surface area contributed by atoms with Gasteiger partial charge in [0.2, 0.25) is 0 Å². The second-order valence-corrected chi connectivity index (χ2v) is 14.4. The van der Waals surface area contributed by atoms with E-state index in [0.29, 0.717) is 19.3 Å². The first-order chi connectivity index (χ1) is 28.5. The molecular formula is C52H80O6. The average Bonchev–Trinajstić information content (AvgIpc) is 3.22. The molecule has 0 aliphatic carbocycles. The van der Waals surface area contributed by atoms with Crippen LogP contribution in [0.3, 0.4) is 0 Å². The highest BCUT2D eigenvalue weighted by Crippen LogP contribution is 2.13. The minimum Gasteiger partial charge on any atom is -0.462 e. The topological polar surface area (TPSA) is 78.9 Å². The largest absolute Gasteiger partial charge is 0.462 e. The van der Waals surface area contributed by atoms with Gasteiger partial charge in [0.05, 0.1) is 0 Å². The van der Waals surface area contributed by atoms with Gasteiger partial charge in [-0.15, -0.1) is 0 Å². The molecule has 6 heteroatoms. The molecule has 0 aromatic rings. The Morgan fingerprint density at radius 1 is 0.362 bits per heavy atom. The summed E-state index contributed by atoms with van der Waals surface area (Å²) in [5, 5.41) is 0. The Bertz CT molecular complexity index is 1290. The van der Waals surface area contributed by atoms with Crippen molar-refractivity contribution in [3.63, 3.8) is 0 Å². The van der Waals surface area contributed by atoms with Crippen LogP contribution in [0.2, 0.25) is 0 Å². The molecule has 0 radical (unpaired) electrons. The molecule has 0 aromatic carbocycles. The van der Waals surface area contributed by atoms with Crippen LogP contribution in [-0.2, 0) is 28.6 Å². The summed E-state index contributed by atoms with van der Waals surface area (Å²) in [4.78, 5) is 37.7. The maximum Gasteiger partial charge on any atom is 0.306 e. The molecule has 6 nitrogen and oxygen atoms in total. The number of rotatable bonds is 38. The zero-order valence-electron chi connectivity index (χ0n) is 36.8. The van der Waals surface area contributed by atoms with Crippen LogP contribution in [0.25, 0.3) is 0 Å². The van der Waals surface area contributed by atoms with Gasteiger partial charge >= 0.3 is 17.9 Å². The lowest BCUT2D eigenvalue weighted by Gasteiger charge is -2.18. The molecule has 0 aliphatic heterocycles. The molecule has 1 atom stereocenters. The van der Waals surface area contributed by atoms with Crippen LogP contribution in [-0.4, -0.2) is 37.2 Å². The van der Waals surface area contributed by atoms with Crippen molar-refractivity contribution in [1.29, 1.82) is 0 Å². The summed E-state index contributed by atoms with van der Waals surface area (Å²) in [6.45, 7) is 6.23. The second-order valence-electron chi connectivity index (χ2n) is 14.4. The monoisotopic (exact) mass is 801 g/mol. The Hall–Kier alpha value is -4.19. The van der Waals surface area contributed by atoms with Gasteiger partial charge in [-0.3, -0.25) is 14.4 Å². The van der Waals surface area contributed by atoms with Gasteiger partial charge in [-0.2, -0.15) is 0 Å². The first-order valence-corrected chi connectivity index (χ1v) is 22.7. The first-order valence-electron chi connectivity index (χ1n) is 22.7. The lowest BCUT2D eigenvalue weighted by Crippen LogP contribution is -2.30. The fraction of sp³-hybridized carbons (Fsp3) is 0.558. The third-order valence-electron chi connectivity index (χ3n) is 8.97. The number of esters is 3. The summed E-state index contributed by atoms with van der Waals surface area (Å²) in [6.07, 6.45) is 61.8. The quantitative estimate of drug-likeness (QED) is 0.0268. The fourth-order valence-corrected chi connectivity index (χ4v) is 5.60. The van der Waals surface area contributed by atoms with Crippen molar-refractivity contribution in [3.8, 4) is 0 Å².